The van der Waals surface area contributed by atoms with Crippen LogP contribution in [0.25, 0.3) is 0 Å². The second-order valence-corrected chi connectivity index (χ2v) is 7.61. The average molecular weight is 345 g/mol. The number of rotatable bonds is 4. The van der Waals surface area contributed by atoms with E-state index < -0.39 is 0 Å². The Balaban J connectivity index is 2.04. The van der Waals surface area contributed by atoms with E-state index in [0.717, 1.165) is 19.0 Å². The van der Waals surface area contributed by atoms with Crippen LogP contribution in [0.15, 0.2) is 29.3 Å². The normalized spacial score (nSPS) is 21.4. The molecule has 1 fully saturated rings. The highest BCUT2D eigenvalue weighted by molar-refractivity contribution is 5.82. The van der Waals surface area contributed by atoms with Crippen LogP contribution in [0, 0.1) is 18.8 Å². The lowest BCUT2D eigenvalue weighted by Gasteiger charge is -2.30. The third kappa shape index (κ3) is 4.33. The van der Waals surface area contributed by atoms with E-state index in [1.54, 1.807) is 7.05 Å². The number of methoxy groups -OCH3 is 1. The zero-order chi connectivity index (χ0) is 18.6. The molecule has 1 aromatic carbocycles. The minimum atomic E-state index is -0.134. The topological polar surface area (TPSA) is 53.9 Å². The molecule has 25 heavy (non-hydrogen) atoms. The summed E-state index contributed by atoms with van der Waals surface area (Å²) in [5, 5.41) is 3.50. The second kappa shape index (κ2) is 7.89. The lowest BCUT2D eigenvalue weighted by atomic mass is 9.82. The van der Waals surface area contributed by atoms with Crippen molar-refractivity contribution in [2.24, 2.45) is 16.8 Å². The van der Waals surface area contributed by atoms with E-state index in [2.05, 4.69) is 67.2 Å². The Morgan fingerprint density at radius 1 is 1.36 bits per heavy atom. The molecule has 0 aliphatic carbocycles. The molecule has 1 aliphatic heterocycles. The number of hydrogen-bond donors (Lipinski definition) is 1. The summed E-state index contributed by atoms with van der Waals surface area (Å²) in [7, 11) is 3.24. The van der Waals surface area contributed by atoms with Crippen molar-refractivity contribution in [2.75, 3.05) is 33.8 Å². The van der Waals surface area contributed by atoms with E-state index in [9.17, 15) is 4.79 Å². The Morgan fingerprint density at radius 3 is 2.64 bits per heavy atom. The Bertz CT molecular complexity index is 640. The minimum absolute atomic E-state index is 0.0195. The molecule has 0 bridgehead atoms. The number of guanidine groups is 1. The van der Waals surface area contributed by atoms with Gasteiger partial charge in [-0.15, -0.1) is 0 Å². The molecule has 2 unspecified atom stereocenters. The summed E-state index contributed by atoms with van der Waals surface area (Å²) in [6.45, 7) is 10.9. The van der Waals surface area contributed by atoms with Gasteiger partial charge in [-0.1, -0.05) is 45.0 Å². The number of carbonyl (C=O) groups excluding carboxylic acids is 1. The van der Waals surface area contributed by atoms with Crippen molar-refractivity contribution >= 4 is 11.9 Å². The summed E-state index contributed by atoms with van der Waals surface area (Å²) >= 11 is 0. The second-order valence-electron chi connectivity index (χ2n) is 7.61. The molecular formula is C20H31N3O2. The fraction of sp³-hybridized carbons (Fsp3) is 0.600. The number of aliphatic imine (C=N–C) groups is 1. The van der Waals surface area contributed by atoms with E-state index in [4.69, 9.17) is 4.74 Å². The predicted octanol–water partition coefficient (Wildman–Crippen LogP) is 2.59. The van der Waals surface area contributed by atoms with Gasteiger partial charge in [-0.3, -0.25) is 9.79 Å². The van der Waals surface area contributed by atoms with Crippen molar-refractivity contribution in [3.63, 3.8) is 0 Å². The molecule has 1 aliphatic rings. The van der Waals surface area contributed by atoms with Crippen molar-refractivity contribution in [3.8, 4) is 0 Å². The molecule has 0 amide bonds. The molecule has 5 heteroatoms. The van der Waals surface area contributed by atoms with Crippen molar-refractivity contribution in [1.29, 1.82) is 0 Å². The smallest absolute Gasteiger partial charge is 0.310 e. The summed E-state index contributed by atoms with van der Waals surface area (Å²) < 4.78 is 4.93. The molecule has 5 nitrogen and oxygen atoms in total. The molecule has 138 valence electrons. The van der Waals surface area contributed by atoms with Gasteiger partial charge in [0.05, 0.1) is 13.0 Å². The van der Waals surface area contributed by atoms with Crippen LogP contribution in [-0.2, 0) is 14.9 Å². The van der Waals surface area contributed by atoms with Crippen LogP contribution in [0.5, 0.6) is 0 Å². The van der Waals surface area contributed by atoms with Gasteiger partial charge in [-0.2, -0.15) is 0 Å². The highest BCUT2D eigenvalue weighted by Crippen LogP contribution is 2.27. The lowest BCUT2D eigenvalue weighted by Crippen LogP contribution is -2.45. The Morgan fingerprint density at radius 2 is 2.04 bits per heavy atom. The zero-order valence-electron chi connectivity index (χ0n) is 16.3. The van der Waals surface area contributed by atoms with Gasteiger partial charge in [-0.05, 0) is 24.0 Å². The molecule has 2 atom stereocenters. The average Bonchev–Trinajstić information content (AvgIpc) is 2.96. The number of nitrogens with one attached hydrogen (secondary N) is 1. The van der Waals surface area contributed by atoms with Gasteiger partial charge in [0.15, 0.2) is 5.96 Å². The molecule has 0 saturated carbocycles. The molecule has 1 N–H and O–H groups in total. The summed E-state index contributed by atoms with van der Waals surface area (Å²) in [6, 6.07) is 8.49. The van der Waals surface area contributed by atoms with Gasteiger partial charge >= 0.3 is 5.97 Å². The third-order valence-corrected chi connectivity index (χ3v) is 5.19. The fourth-order valence-electron chi connectivity index (χ4n) is 3.66. The quantitative estimate of drug-likeness (QED) is 0.518. The van der Waals surface area contributed by atoms with Crippen molar-refractivity contribution in [1.82, 2.24) is 10.2 Å². The van der Waals surface area contributed by atoms with E-state index in [-0.39, 0.29) is 23.2 Å². The summed E-state index contributed by atoms with van der Waals surface area (Å²) in [5.74, 6) is 0.883. The van der Waals surface area contributed by atoms with Crippen LogP contribution in [0.2, 0.25) is 0 Å². The highest BCUT2D eigenvalue weighted by Gasteiger charge is 2.37. The van der Waals surface area contributed by atoms with Crippen LogP contribution in [0.4, 0.5) is 0 Å². The van der Waals surface area contributed by atoms with Gasteiger partial charge in [0.2, 0.25) is 0 Å². The molecule has 2 rings (SSSR count). The number of nitrogens with zero attached hydrogens (tertiary/aromatic N) is 2. The number of carbonyl (C=O) groups is 1. The number of aryl methyl sites for hydroxylation is 1. The van der Waals surface area contributed by atoms with Crippen LogP contribution in [-0.4, -0.2) is 50.6 Å². The molecule has 0 spiro atoms. The van der Waals surface area contributed by atoms with Crippen LogP contribution < -0.4 is 5.32 Å². The highest BCUT2D eigenvalue weighted by atomic mass is 16.5. The summed E-state index contributed by atoms with van der Waals surface area (Å²) in [4.78, 5) is 18.5. The van der Waals surface area contributed by atoms with Gasteiger partial charge in [-0.25, -0.2) is 0 Å². The standard InChI is InChI=1S/C20H31N3O2/c1-14-9-7-8-10-17(14)20(3,4)13-22-19(21-5)23-11-15(2)16(12-23)18(24)25-6/h7-10,15-16H,11-13H2,1-6H3,(H,21,22). The Kier molecular flexibility index (Phi) is 6.09. The van der Waals surface area contributed by atoms with Gasteiger partial charge in [0.1, 0.15) is 0 Å². The summed E-state index contributed by atoms with van der Waals surface area (Å²) in [6.07, 6.45) is 0. The monoisotopic (exact) mass is 345 g/mol. The maximum Gasteiger partial charge on any atom is 0.310 e. The first-order valence-electron chi connectivity index (χ1n) is 8.89. The predicted molar refractivity (Wildman–Crippen MR) is 102 cm³/mol. The molecule has 0 radical (unpaired) electrons. The SMILES string of the molecule is CN=C(NCC(C)(C)c1ccccc1C)N1CC(C)C(C(=O)OC)C1. The molecule has 1 heterocycles. The molecule has 1 aromatic rings. The third-order valence-electron chi connectivity index (χ3n) is 5.19. The Hall–Kier alpha value is -2.04. The van der Waals surface area contributed by atoms with Gasteiger partial charge in [0.25, 0.3) is 0 Å². The van der Waals surface area contributed by atoms with Crippen LogP contribution >= 0.6 is 0 Å². The van der Waals surface area contributed by atoms with Crippen LogP contribution in [0.3, 0.4) is 0 Å². The first-order chi connectivity index (χ1) is 11.8. The first kappa shape index (κ1) is 19.3. The summed E-state index contributed by atoms with van der Waals surface area (Å²) in [5.41, 5.74) is 2.61. The minimum Gasteiger partial charge on any atom is -0.469 e. The lowest BCUT2D eigenvalue weighted by molar-refractivity contribution is -0.145. The zero-order valence-corrected chi connectivity index (χ0v) is 16.3. The van der Waals surface area contributed by atoms with Gasteiger partial charge < -0.3 is 15.0 Å². The van der Waals surface area contributed by atoms with E-state index in [1.165, 1.54) is 18.2 Å². The van der Waals surface area contributed by atoms with Crippen molar-refractivity contribution in [2.45, 2.75) is 33.1 Å². The molecular weight excluding hydrogens is 314 g/mol. The number of likely N-dealkylation sites (tertiary alicyclic amines) is 1. The Labute approximate surface area is 151 Å². The van der Waals surface area contributed by atoms with Gasteiger partial charge in [0, 0.05) is 32.1 Å². The maximum absolute atomic E-state index is 11.9. The van der Waals surface area contributed by atoms with Crippen LogP contribution in [0.1, 0.15) is 31.9 Å². The van der Waals surface area contributed by atoms with Crippen molar-refractivity contribution < 1.29 is 9.53 Å². The van der Waals surface area contributed by atoms with E-state index in [0.29, 0.717) is 6.54 Å². The molecule has 0 aromatic heterocycles. The maximum atomic E-state index is 11.9. The van der Waals surface area contributed by atoms with E-state index in [1.807, 2.05) is 0 Å². The number of ether oxygens (including phenoxy) is 1. The van der Waals surface area contributed by atoms with E-state index >= 15 is 0 Å². The number of benzene rings is 1. The number of hydrogen-bond acceptors (Lipinski definition) is 3. The number of esters is 1. The largest absolute Gasteiger partial charge is 0.469 e. The molecule has 1 saturated heterocycles. The fourth-order valence-corrected chi connectivity index (χ4v) is 3.66. The first-order valence-corrected chi connectivity index (χ1v) is 8.89. The van der Waals surface area contributed by atoms with Crippen molar-refractivity contribution in [3.05, 3.63) is 35.4 Å².